The van der Waals surface area contributed by atoms with Crippen molar-refractivity contribution in [3.05, 3.63) is 119 Å². The summed E-state index contributed by atoms with van der Waals surface area (Å²) in [5, 5.41) is 0. The fourth-order valence-corrected chi connectivity index (χ4v) is 5.42. The van der Waals surface area contributed by atoms with Crippen LogP contribution in [0.25, 0.3) is 22.4 Å². The number of carbonyl (C=O) groups excluding carboxylic acids is 2. The molecule has 1 fully saturated rings. The molecule has 0 unspecified atom stereocenters. The van der Waals surface area contributed by atoms with Crippen LogP contribution in [-0.2, 0) is 24.1 Å². The summed E-state index contributed by atoms with van der Waals surface area (Å²) in [5.74, 6) is 0.741. The number of benzene rings is 4. The van der Waals surface area contributed by atoms with Gasteiger partial charge in [0.05, 0.1) is 29.3 Å². The van der Waals surface area contributed by atoms with Gasteiger partial charge in [-0.3, -0.25) is 9.69 Å². The van der Waals surface area contributed by atoms with Gasteiger partial charge in [-0.15, -0.1) is 0 Å². The van der Waals surface area contributed by atoms with E-state index in [-0.39, 0.29) is 11.9 Å². The molecule has 1 aliphatic rings. The third-order valence-electron chi connectivity index (χ3n) is 8.01. The third kappa shape index (κ3) is 6.89. The molecule has 0 bridgehead atoms. The lowest BCUT2D eigenvalue weighted by atomic mass is 10.1. The Labute approximate surface area is 263 Å². The molecule has 2 heterocycles. The number of alkyl halides is 3. The molecule has 1 saturated heterocycles. The molecule has 4 aromatic carbocycles. The molecule has 0 saturated carbocycles. The Kier molecular flexibility index (Phi) is 8.76. The van der Waals surface area contributed by atoms with E-state index in [0.717, 1.165) is 29.0 Å². The number of methoxy groups -OCH3 is 1. The molecule has 1 N–H and O–H groups in total. The molecular weight excluding hydrogens is 597 g/mol. The van der Waals surface area contributed by atoms with E-state index in [9.17, 15) is 22.8 Å². The number of esters is 1. The molecule has 1 aromatic heterocycles. The molecule has 6 rings (SSSR count). The maximum atomic E-state index is 13.4. The predicted molar refractivity (Wildman–Crippen MR) is 166 cm³/mol. The topological polar surface area (TPSA) is 87.8 Å². The third-order valence-corrected chi connectivity index (χ3v) is 8.01. The normalized spacial score (nSPS) is 14.0. The van der Waals surface area contributed by atoms with E-state index in [0.29, 0.717) is 72.9 Å². The van der Waals surface area contributed by atoms with Gasteiger partial charge in [-0.2, -0.15) is 13.2 Å². The SMILES string of the molecule is COC(=O)c1ccc(COc2ccccc2CN2CCN(C(=O)c3ccc4nc(-c5ccc(C(F)(F)F)cc5)[nH]c4c3)CC2)cc1. The van der Waals surface area contributed by atoms with Crippen molar-refractivity contribution in [2.24, 2.45) is 0 Å². The first-order valence-electron chi connectivity index (χ1n) is 14.7. The van der Waals surface area contributed by atoms with Crippen LogP contribution in [0.4, 0.5) is 13.2 Å². The van der Waals surface area contributed by atoms with Crippen molar-refractivity contribution in [3.63, 3.8) is 0 Å². The fourth-order valence-electron chi connectivity index (χ4n) is 5.42. The van der Waals surface area contributed by atoms with Crippen LogP contribution < -0.4 is 4.74 Å². The Morgan fingerprint density at radius 2 is 1.57 bits per heavy atom. The summed E-state index contributed by atoms with van der Waals surface area (Å²) in [5.41, 5.74) is 4.03. The Bertz CT molecular complexity index is 1850. The van der Waals surface area contributed by atoms with Gasteiger partial charge >= 0.3 is 12.1 Å². The van der Waals surface area contributed by atoms with Crippen LogP contribution in [0.2, 0.25) is 0 Å². The number of para-hydroxylation sites is 1. The van der Waals surface area contributed by atoms with E-state index < -0.39 is 11.7 Å². The molecule has 0 aliphatic carbocycles. The number of hydrogen-bond donors (Lipinski definition) is 1. The maximum absolute atomic E-state index is 13.4. The minimum Gasteiger partial charge on any atom is -0.489 e. The van der Waals surface area contributed by atoms with Crippen molar-refractivity contribution in [1.29, 1.82) is 0 Å². The first-order valence-corrected chi connectivity index (χ1v) is 14.7. The van der Waals surface area contributed by atoms with Gasteiger partial charge in [0, 0.05) is 49.4 Å². The van der Waals surface area contributed by atoms with Crippen molar-refractivity contribution in [3.8, 4) is 17.1 Å². The highest BCUT2D eigenvalue weighted by atomic mass is 19.4. The van der Waals surface area contributed by atoms with Gasteiger partial charge in [0.2, 0.25) is 0 Å². The van der Waals surface area contributed by atoms with Crippen LogP contribution in [0, 0.1) is 0 Å². The van der Waals surface area contributed by atoms with Gasteiger partial charge in [-0.1, -0.05) is 42.5 Å². The zero-order chi connectivity index (χ0) is 32.3. The van der Waals surface area contributed by atoms with Crippen LogP contribution in [0.1, 0.15) is 37.4 Å². The molecule has 46 heavy (non-hydrogen) atoms. The molecule has 1 aliphatic heterocycles. The molecule has 0 spiro atoms. The average molecular weight is 629 g/mol. The quantitative estimate of drug-likeness (QED) is 0.196. The zero-order valence-corrected chi connectivity index (χ0v) is 25.0. The number of nitrogens with zero attached hydrogens (tertiary/aromatic N) is 3. The number of ether oxygens (including phenoxy) is 2. The minimum absolute atomic E-state index is 0.0887. The molecule has 11 heteroatoms. The zero-order valence-electron chi connectivity index (χ0n) is 25.0. The van der Waals surface area contributed by atoms with Gasteiger partial charge in [-0.25, -0.2) is 9.78 Å². The number of piperazine rings is 1. The largest absolute Gasteiger partial charge is 0.489 e. The van der Waals surface area contributed by atoms with E-state index in [1.54, 1.807) is 30.3 Å². The monoisotopic (exact) mass is 628 g/mol. The highest BCUT2D eigenvalue weighted by Crippen LogP contribution is 2.31. The van der Waals surface area contributed by atoms with Crippen molar-refractivity contribution < 1.29 is 32.2 Å². The van der Waals surface area contributed by atoms with Gasteiger partial charge in [0.15, 0.2) is 0 Å². The van der Waals surface area contributed by atoms with Gasteiger partial charge in [-0.05, 0) is 54.1 Å². The predicted octanol–water partition coefficient (Wildman–Crippen LogP) is 6.57. The smallest absolute Gasteiger partial charge is 0.416 e. The van der Waals surface area contributed by atoms with Crippen molar-refractivity contribution in [2.45, 2.75) is 19.3 Å². The summed E-state index contributed by atoms with van der Waals surface area (Å²) in [6, 6.07) is 25.0. The number of fused-ring (bicyclic) bond motifs is 1. The van der Waals surface area contributed by atoms with E-state index in [4.69, 9.17) is 9.47 Å². The van der Waals surface area contributed by atoms with E-state index in [1.807, 2.05) is 41.3 Å². The number of halogens is 3. The highest BCUT2D eigenvalue weighted by Gasteiger charge is 2.30. The van der Waals surface area contributed by atoms with Crippen molar-refractivity contribution in [2.75, 3.05) is 33.3 Å². The standard InChI is InChI=1S/C35H31F3N4O4/c1-45-34(44)25-8-6-23(7-9-25)22-46-31-5-3-2-4-27(31)21-41-16-18-42(19-17-41)33(43)26-12-15-29-30(20-26)40-32(39-29)24-10-13-28(14-11-24)35(36,37)38/h2-15,20H,16-19,21-22H2,1H3,(H,39,40). The van der Waals surface area contributed by atoms with Crippen LogP contribution in [-0.4, -0.2) is 64.9 Å². The van der Waals surface area contributed by atoms with Gasteiger partial charge in [0.25, 0.3) is 5.91 Å². The maximum Gasteiger partial charge on any atom is 0.416 e. The molecule has 1 amide bonds. The summed E-state index contributed by atoms with van der Waals surface area (Å²) < 4.78 is 49.7. The van der Waals surface area contributed by atoms with Crippen molar-refractivity contribution in [1.82, 2.24) is 19.8 Å². The first-order chi connectivity index (χ1) is 22.2. The van der Waals surface area contributed by atoms with Gasteiger partial charge < -0.3 is 19.4 Å². The van der Waals surface area contributed by atoms with E-state index >= 15 is 0 Å². The number of nitrogens with one attached hydrogen (secondary N) is 1. The lowest BCUT2D eigenvalue weighted by Gasteiger charge is -2.35. The Hall–Kier alpha value is -5.16. The summed E-state index contributed by atoms with van der Waals surface area (Å²) in [6.07, 6.45) is -4.41. The second kappa shape index (κ2) is 13.1. The second-order valence-electron chi connectivity index (χ2n) is 11.0. The van der Waals surface area contributed by atoms with Gasteiger partial charge in [0.1, 0.15) is 18.2 Å². The van der Waals surface area contributed by atoms with Crippen LogP contribution in [0.3, 0.4) is 0 Å². The number of carbonyl (C=O) groups is 2. The highest BCUT2D eigenvalue weighted by molar-refractivity contribution is 5.97. The molecule has 8 nitrogen and oxygen atoms in total. The molecule has 0 radical (unpaired) electrons. The number of aromatic nitrogens is 2. The van der Waals surface area contributed by atoms with E-state index in [2.05, 4.69) is 14.9 Å². The molecular formula is C35H31F3N4O4. The number of rotatable bonds is 8. The fraction of sp³-hybridized carbons (Fsp3) is 0.229. The van der Waals surface area contributed by atoms with Crippen LogP contribution >= 0.6 is 0 Å². The van der Waals surface area contributed by atoms with E-state index in [1.165, 1.54) is 19.2 Å². The van der Waals surface area contributed by atoms with Crippen LogP contribution in [0.15, 0.2) is 91.0 Å². The summed E-state index contributed by atoms with van der Waals surface area (Å²) in [4.78, 5) is 36.8. The lowest BCUT2D eigenvalue weighted by molar-refractivity contribution is -0.137. The minimum atomic E-state index is -4.41. The van der Waals surface area contributed by atoms with Crippen LogP contribution in [0.5, 0.6) is 5.75 Å². The number of amides is 1. The number of H-pyrrole nitrogens is 1. The summed E-state index contributed by atoms with van der Waals surface area (Å²) >= 11 is 0. The molecule has 0 atom stereocenters. The lowest BCUT2D eigenvalue weighted by Crippen LogP contribution is -2.48. The first kappa shape index (κ1) is 30.8. The Morgan fingerprint density at radius 1 is 0.870 bits per heavy atom. The second-order valence-corrected chi connectivity index (χ2v) is 11.0. The average Bonchev–Trinajstić information content (AvgIpc) is 3.51. The van der Waals surface area contributed by atoms with Crippen molar-refractivity contribution >= 4 is 22.9 Å². The number of aromatic amines is 1. The summed E-state index contributed by atoms with van der Waals surface area (Å²) in [7, 11) is 1.35. The Morgan fingerprint density at radius 3 is 2.26 bits per heavy atom. The number of imidazole rings is 1. The summed E-state index contributed by atoms with van der Waals surface area (Å²) in [6.45, 7) is 3.54. The number of hydrogen-bond acceptors (Lipinski definition) is 6. The molecule has 236 valence electrons. The Balaban J connectivity index is 1.05. The molecule has 5 aromatic rings.